The molecule has 1 saturated heterocycles. The molecule has 1 aromatic rings. The number of hydrogen-bond donors (Lipinski definition) is 1. The summed E-state index contributed by atoms with van der Waals surface area (Å²) in [5, 5.41) is 3.44. The Kier molecular flexibility index (Phi) is 5.16. The second-order valence-corrected chi connectivity index (χ2v) is 7.84. The average molecular weight is 346 g/mol. The van der Waals surface area contributed by atoms with Crippen LogP contribution in [0, 0.1) is 5.92 Å². The van der Waals surface area contributed by atoms with E-state index in [-0.39, 0.29) is 12.1 Å². The number of nitrogens with zero attached hydrogens (tertiary/aromatic N) is 3. The van der Waals surface area contributed by atoms with Crippen LogP contribution >= 0.6 is 0 Å². The topological polar surface area (TPSA) is 67.4 Å². The van der Waals surface area contributed by atoms with Crippen LogP contribution in [0.5, 0.6) is 0 Å². The van der Waals surface area contributed by atoms with Gasteiger partial charge in [0.15, 0.2) is 0 Å². The monoisotopic (exact) mass is 346 g/mol. The molecule has 1 saturated carbocycles. The van der Waals surface area contributed by atoms with Gasteiger partial charge in [-0.15, -0.1) is 0 Å². The molecule has 2 fully saturated rings. The molecule has 1 N–H and O–H groups in total. The first-order chi connectivity index (χ1) is 11.9. The van der Waals surface area contributed by atoms with Crippen LogP contribution in [0.1, 0.15) is 66.2 Å². The summed E-state index contributed by atoms with van der Waals surface area (Å²) < 4.78 is 5.54. The highest BCUT2D eigenvalue weighted by Crippen LogP contribution is 2.35. The van der Waals surface area contributed by atoms with Crippen LogP contribution in [-0.2, 0) is 4.74 Å². The molecule has 0 radical (unpaired) electrons. The predicted molar refractivity (Wildman–Crippen MR) is 98.8 cm³/mol. The van der Waals surface area contributed by atoms with Crippen molar-refractivity contribution in [1.82, 2.24) is 9.97 Å². The van der Waals surface area contributed by atoms with E-state index in [9.17, 15) is 4.79 Å². The fourth-order valence-corrected chi connectivity index (χ4v) is 4.22. The third-order valence-electron chi connectivity index (χ3n) is 5.65. The van der Waals surface area contributed by atoms with Crippen LogP contribution in [0.25, 0.3) is 0 Å². The SMILES string of the molecule is CCC1N(c2ccnc(NC(C)C3CCCCC3)n2)C(=O)OC1(C)C. The average Bonchev–Trinajstić information content (AvgIpc) is 2.83. The molecule has 2 unspecified atom stereocenters. The van der Waals surface area contributed by atoms with Crippen molar-refractivity contribution in [2.24, 2.45) is 5.92 Å². The molecule has 6 nitrogen and oxygen atoms in total. The lowest BCUT2D eigenvalue weighted by atomic mass is 9.85. The van der Waals surface area contributed by atoms with Crippen molar-refractivity contribution < 1.29 is 9.53 Å². The number of aromatic nitrogens is 2. The smallest absolute Gasteiger partial charge is 0.416 e. The highest BCUT2D eigenvalue weighted by atomic mass is 16.6. The number of hydrogen-bond acceptors (Lipinski definition) is 5. The Morgan fingerprint density at radius 3 is 2.76 bits per heavy atom. The third-order valence-corrected chi connectivity index (χ3v) is 5.65. The Labute approximate surface area is 150 Å². The molecule has 3 rings (SSSR count). The van der Waals surface area contributed by atoms with Crippen LogP contribution in [0.4, 0.5) is 16.6 Å². The first kappa shape index (κ1) is 18.0. The summed E-state index contributed by atoms with van der Waals surface area (Å²) in [4.78, 5) is 23.0. The van der Waals surface area contributed by atoms with Gasteiger partial charge in [-0.05, 0) is 52.0 Å². The van der Waals surface area contributed by atoms with E-state index in [1.165, 1.54) is 32.1 Å². The maximum absolute atomic E-state index is 12.4. The molecule has 138 valence electrons. The molecule has 1 aliphatic heterocycles. The van der Waals surface area contributed by atoms with Crippen LogP contribution in [-0.4, -0.2) is 33.7 Å². The highest BCUT2D eigenvalue weighted by molar-refractivity contribution is 5.90. The molecule has 2 atom stereocenters. The van der Waals surface area contributed by atoms with E-state index in [2.05, 4.69) is 29.1 Å². The molecule has 1 aliphatic carbocycles. The number of nitrogens with one attached hydrogen (secondary N) is 1. The van der Waals surface area contributed by atoms with E-state index in [0.717, 1.165) is 6.42 Å². The summed E-state index contributed by atoms with van der Waals surface area (Å²) in [6.07, 6.45) is 8.68. The molecule has 2 heterocycles. The van der Waals surface area contributed by atoms with Crippen molar-refractivity contribution in [3.8, 4) is 0 Å². The number of anilines is 2. The van der Waals surface area contributed by atoms with Gasteiger partial charge >= 0.3 is 6.09 Å². The summed E-state index contributed by atoms with van der Waals surface area (Å²) in [7, 11) is 0. The Morgan fingerprint density at radius 2 is 2.08 bits per heavy atom. The third kappa shape index (κ3) is 3.72. The van der Waals surface area contributed by atoms with E-state index < -0.39 is 5.60 Å². The number of ether oxygens (including phenoxy) is 1. The lowest BCUT2D eigenvalue weighted by Gasteiger charge is -2.29. The Balaban J connectivity index is 1.76. The Hall–Kier alpha value is -1.85. The number of carbonyl (C=O) groups excluding carboxylic acids is 1. The van der Waals surface area contributed by atoms with Crippen molar-refractivity contribution in [3.63, 3.8) is 0 Å². The standard InChI is InChI=1S/C19H30N4O2/c1-5-15-19(3,4)25-18(24)23(15)16-11-12-20-17(22-16)21-13(2)14-9-7-6-8-10-14/h11-15H,5-10H2,1-4H3,(H,20,21,22). The van der Waals surface area contributed by atoms with Crippen molar-refractivity contribution in [1.29, 1.82) is 0 Å². The largest absolute Gasteiger partial charge is 0.441 e. The quantitative estimate of drug-likeness (QED) is 0.857. The fraction of sp³-hybridized carbons (Fsp3) is 0.737. The zero-order valence-corrected chi connectivity index (χ0v) is 15.8. The molecule has 0 spiro atoms. The zero-order chi connectivity index (χ0) is 18.0. The first-order valence-electron chi connectivity index (χ1n) is 9.54. The van der Waals surface area contributed by atoms with Gasteiger partial charge in [0.2, 0.25) is 5.95 Å². The van der Waals surface area contributed by atoms with Gasteiger partial charge in [0.05, 0.1) is 6.04 Å². The van der Waals surface area contributed by atoms with Gasteiger partial charge < -0.3 is 10.1 Å². The van der Waals surface area contributed by atoms with Gasteiger partial charge in [0.1, 0.15) is 11.4 Å². The normalized spacial score (nSPS) is 24.9. The van der Waals surface area contributed by atoms with Gasteiger partial charge in [0, 0.05) is 12.2 Å². The number of cyclic esters (lactones) is 1. The summed E-state index contributed by atoms with van der Waals surface area (Å²) in [5.74, 6) is 1.86. The Morgan fingerprint density at radius 1 is 1.36 bits per heavy atom. The van der Waals surface area contributed by atoms with E-state index in [1.54, 1.807) is 17.2 Å². The summed E-state index contributed by atoms with van der Waals surface area (Å²) >= 11 is 0. The molecule has 0 bridgehead atoms. The van der Waals surface area contributed by atoms with Crippen molar-refractivity contribution in [3.05, 3.63) is 12.3 Å². The van der Waals surface area contributed by atoms with Gasteiger partial charge in [0.25, 0.3) is 0 Å². The highest BCUT2D eigenvalue weighted by Gasteiger charge is 2.48. The zero-order valence-electron chi connectivity index (χ0n) is 15.8. The molecule has 1 amide bonds. The molecule has 0 aromatic carbocycles. The van der Waals surface area contributed by atoms with E-state index in [0.29, 0.717) is 23.7 Å². The second kappa shape index (κ2) is 7.18. The summed E-state index contributed by atoms with van der Waals surface area (Å²) in [6.45, 7) is 8.16. The minimum absolute atomic E-state index is 0.0292. The second-order valence-electron chi connectivity index (χ2n) is 7.84. The van der Waals surface area contributed by atoms with Crippen molar-refractivity contribution >= 4 is 17.9 Å². The lowest BCUT2D eigenvalue weighted by molar-refractivity contribution is 0.0678. The molecule has 6 heteroatoms. The van der Waals surface area contributed by atoms with Crippen LogP contribution < -0.4 is 10.2 Å². The van der Waals surface area contributed by atoms with E-state index in [1.807, 2.05) is 13.8 Å². The maximum Gasteiger partial charge on any atom is 0.416 e. The fourth-order valence-electron chi connectivity index (χ4n) is 4.22. The van der Waals surface area contributed by atoms with Gasteiger partial charge in [-0.25, -0.2) is 9.78 Å². The molecule has 1 aromatic heterocycles. The minimum Gasteiger partial charge on any atom is -0.441 e. The summed E-state index contributed by atoms with van der Waals surface area (Å²) in [5.41, 5.74) is -0.514. The van der Waals surface area contributed by atoms with Crippen LogP contribution in [0.2, 0.25) is 0 Å². The molecule has 2 aliphatic rings. The molecular weight excluding hydrogens is 316 g/mol. The van der Waals surface area contributed by atoms with Crippen LogP contribution in [0.15, 0.2) is 12.3 Å². The van der Waals surface area contributed by atoms with Gasteiger partial charge in [-0.1, -0.05) is 26.2 Å². The van der Waals surface area contributed by atoms with E-state index >= 15 is 0 Å². The lowest BCUT2D eigenvalue weighted by Crippen LogP contribution is -2.41. The van der Waals surface area contributed by atoms with Gasteiger partial charge in [-0.3, -0.25) is 4.90 Å². The molecule has 25 heavy (non-hydrogen) atoms. The first-order valence-corrected chi connectivity index (χ1v) is 9.54. The number of carbonyl (C=O) groups is 1. The summed E-state index contributed by atoms with van der Waals surface area (Å²) in [6, 6.07) is 2.08. The number of rotatable bonds is 5. The van der Waals surface area contributed by atoms with Gasteiger partial charge in [-0.2, -0.15) is 4.98 Å². The van der Waals surface area contributed by atoms with E-state index in [4.69, 9.17) is 4.74 Å². The predicted octanol–water partition coefficient (Wildman–Crippen LogP) is 4.37. The van der Waals surface area contributed by atoms with Crippen LogP contribution in [0.3, 0.4) is 0 Å². The Bertz CT molecular complexity index is 613. The number of amides is 1. The van der Waals surface area contributed by atoms with Crippen molar-refractivity contribution in [2.75, 3.05) is 10.2 Å². The maximum atomic E-state index is 12.4. The minimum atomic E-state index is -0.514. The van der Waals surface area contributed by atoms with Crippen molar-refractivity contribution in [2.45, 2.75) is 83.9 Å². The molecular formula is C19H30N4O2.